The molecule has 3 heteroatoms. The molecule has 2 aromatic rings. The van der Waals surface area contributed by atoms with Crippen molar-refractivity contribution in [3.8, 4) is 0 Å². The van der Waals surface area contributed by atoms with Crippen molar-refractivity contribution < 1.29 is 9.53 Å². The maximum atomic E-state index is 11.7. The van der Waals surface area contributed by atoms with Gasteiger partial charge in [0.05, 0.1) is 12.7 Å². The Bertz CT molecular complexity index is 620. The molecule has 0 heterocycles. The van der Waals surface area contributed by atoms with Crippen LogP contribution < -0.4 is 5.32 Å². The summed E-state index contributed by atoms with van der Waals surface area (Å²) in [5.74, 6) is 0.192. The van der Waals surface area contributed by atoms with Gasteiger partial charge >= 0.3 is 5.97 Å². The lowest BCUT2D eigenvalue weighted by molar-refractivity contribution is 0.0599. The molecule has 0 saturated carbocycles. The number of hydrogen-bond acceptors (Lipinski definition) is 3. The maximum absolute atomic E-state index is 11.7. The molecule has 0 amide bonds. The van der Waals surface area contributed by atoms with Crippen LogP contribution in [0.25, 0.3) is 0 Å². The number of rotatable bonds is 5. The van der Waals surface area contributed by atoms with E-state index in [-0.39, 0.29) is 5.97 Å². The number of anilines is 1. The Morgan fingerprint density at radius 1 is 1.14 bits per heavy atom. The summed E-state index contributed by atoms with van der Waals surface area (Å²) in [6, 6.07) is 15.8. The smallest absolute Gasteiger partial charge is 0.338 e. The van der Waals surface area contributed by atoms with E-state index in [2.05, 4.69) is 31.3 Å². The fourth-order valence-corrected chi connectivity index (χ4v) is 2.19. The number of carbonyl (C=O) groups excluding carboxylic acids is 1. The van der Waals surface area contributed by atoms with Crippen LogP contribution in [0.2, 0.25) is 0 Å². The number of esters is 1. The van der Waals surface area contributed by atoms with Crippen LogP contribution in [-0.2, 0) is 11.3 Å². The van der Waals surface area contributed by atoms with Crippen LogP contribution in [0.15, 0.2) is 48.5 Å². The highest BCUT2D eigenvalue weighted by molar-refractivity contribution is 5.91. The van der Waals surface area contributed by atoms with Gasteiger partial charge in [0.1, 0.15) is 0 Å². The van der Waals surface area contributed by atoms with E-state index in [4.69, 9.17) is 4.74 Å². The van der Waals surface area contributed by atoms with Crippen molar-refractivity contribution in [2.24, 2.45) is 0 Å². The second-order valence-electron chi connectivity index (χ2n) is 5.28. The van der Waals surface area contributed by atoms with Gasteiger partial charge in [0.25, 0.3) is 0 Å². The molecular formula is C18H21NO2. The summed E-state index contributed by atoms with van der Waals surface area (Å²) in [6.45, 7) is 4.93. The van der Waals surface area contributed by atoms with Crippen molar-refractivity contribution in [1.29, 1.82) is 0 Å². The molecule has 0 aliphatic heterocycles. The second-order valence-corrected chi connectivity index (χ2v) is 5.28. The first-order valence-electron chi connectivity index (χ1n) is 7.12. The standard InChI is InChI=1S/C18H21NO2/c1-13(2)14-8-6-9-16(11-14)19-12-15-7-4-5-10-17(15)18(20)21-3/h4-11,13,19H,12H2,1-3H3. The summed E-state index contributed by atoms with van der Waals surface area (Å²) < 4.78 is 4.81. The monoisotopic (exact) mass is 283 g/mol. The summed E-state index contributed by atoms with van der Waals surface area (Å²) in [5, 5.41) is 3.37. The van der Waals surface area contributed by atoms with Gasteiger partial charge in [-0.1, -0.05) is 44.2 Å². The van der Waals surface area contributed by atoms with Crippen LogP contribution in [0.5, 0.6) is 0 Å². The predicted molar refractivity (Wildman–Crippen MR) is 85.6 cm³/mol. The number of ether oxygens (including phenoxy) is 1. The van der Waals surface area contributed by atoms with Crippen LogP contribution in [0.3, 0.4) is 0 Å². The number of carbonyl (C=O) groups is 1. The highest BCUT2D eigenvalue weighted by Gasteiger charge is 2.10. The van der Waals surface area contributed by atoms with Crippen molar-refractivity contribution in [3.05, 3.63) is 65.2 Å². The molecule has 2 rings (SSSR count). The van der Waals surface area contributed by atoms with Crippen molar-refractivity contribution in [2.75, 3.05) is 12.4 Å². The third-order valence-corrected chi connectivity index (χ3v) is 3.46. The van der Waals surface area contributed by atoms with E-state index < -0.39 is 0 Å². The molecule has 0 aliphatic rings. The molecular weight excluding hydrogens is 262 g/mol. The van der Waals surface area contributed by atoms with Crippen LogP contribution >= 0.6 is 0 Å². The van der Waals surface area contributed by atoms with Crippen molar-refractivity contribution >= 4 is 11.7 Å². The third kappa shape index (κ3) is 3.85. The lowest BCUT2D eigenvalue weighted by Gasteiger charge is -2.12. The molecule has 110 valence electrons. The molecule has 3 nitrogen and oxygen atoms in total. The SMILES string of the molecule is COC(=O)c1ccccc1CNc1cccc(C(C)C)c1. The summed E-state index contributed by atoms with van der Waals surface area (Å²) >= 11 is 0. The lowest BCUT2D eigenvalue weighted by atomic mass is 10.0. The fourth-order valence-electron chi connectivity index (χ4n) is 2.19. The molecule has 0 unspecified atom stereocenters. The van der Waals surface area contributed by atoms with Crippen molar-refractivity contribution in [3.63, 3.8) is 0 Å². The van der Waals surface area contributed by atoms with Gasteiger partial charge in [0, 0.05) is 12.2 Å². The normalized spacial score (nSPS) is 10.5. The zero-order valence-electron chi connectivity index (χ0n) is 12.7. The predicted octanol–water partition coefficient (Wildman–Crippen LogP) is 4.21. The van der Waals surface area contributed by atoms with Crippen LogP contribution in [0.1, 0.15) is 41.3 Å². The minimum Gasteiger partial charge on any atom is -0.465 e. The molecule has 0 spiro atoms. The Labute approximate surface area is 126 Å². The minimum absolute atomic E-state index is 0.302. The molecule has 0 bridgehead atoms. The third-order valence-electron chi connectivity index (χ3n) is 3.46. The largest absolute Gasteiger partial charge is 0.465 e. The van der Waals surface area contributed by atoms with E-state index in [1.807, 2.05) is 30.3 Å². The van der Waals surface area contributed by atoms with E-state index in [1.165, 1.54) is 12.7 Å². The molecule has 0 radical (unpaired) electrons. The van der Waals surface area contributed by atoms with Crippen LogP contribution in [0.4, 0.5) is 5.69 Å². The summed E-state index contributed by atoms with van der Waals surface area (Å²) in [4.78, 5) is 11.7. The first kappa shape index (κ1) is 15.1. The summed E-state index contributed by atoms with van der Waals surface area (Å²) in [7, 11) is 1.40. The average Bonchev–Trinajstić information content (AvgIpc) is 2.52. The Balaban J connectivity index is 2.13. The van der Waals surface area contributed by atoms with E-state index in [9.17, 15) is 4.79 Å². The Hall–Kier alpha value is -2.29. The molecule has 0 fully saturated rings. The highest BCUT2D eigenvalue weighted by Crippen LogP contribution is 2.19. The molecule has 21 heavy (non-hydrogen) atoms. The average molecular weight is 283 g/mol. The molecule has 1 N–H and O–H groups in total. The van der Waals surface area contributed by atoms with E-state index in [0.717, 1.165) is 11.3 Å². The number of hydrogen-bond donors (Lipinski definition) is 1. The number of benzene rings is 2. The van der Waals surface area contributed by atoms with Gasteiger partial charge in [-0.05, 0) is 35.2 Å². The van der Waals surface area contributed by atoms with Crippen molar-refractivity contribution in [2.45, 2.75) is 26.3 Å². The Kier molecular flexibility index (Phi) is 4.99. The topological polar surface area (TPSA) is 38.3 Å². The van der Waals surface area contributed by atoms with Gasteiger partial charge in [-0.3, -0.25) is 0 Å². The number of methoxy groups -OCH3 is 1. The van der Waals surface area contributed by atoms with E-state index in [1.54, 1.807) is 6.07 Å². The first-order chi connectivity index (χ1) is 10.1. The molecule has 0 saturated heterocycles. The fraction of sp³-hybridized carbons (Fsp3) is 0.278. The Morgan fingerprint density at radius 3 is 2.62 bits per heavy atom. The van der Waals surface area contributed by atoms with E-state index >= 15 is 0 Å². The Morgan fingerprint density at radius 2 is 1.90 bits per heavy atom. The van der Waals surface area contributed by atoms with Gasteiger partial charge in [-0.25, -0.2) is 4.79 Å². The molecule has 2 aromatic carbocycles. The molecule has 0 aliphatic carbocycles. The minimum atomic E-state index is -0.302. The van der Waals surface area contributed by atoms with Gasteiger partial charge in [0.15, 0.2) is 0 Å². The summed E-state index contributed by atoms with van der Waals surface area (Å²) in [5.41, 5.74) is 3.88. The van der Waals surface area contributed by atoms with Gasteiger partial charge in [-0.15, -0.1) is 0 Å². The molecule has 0 atom stereocenters. The van der Waals surface area contributed by atoms with Gasteiger partial charge < -0.3 is 10.1 Å². The zero-order valence-corrected chi connectivity index (χ0v) is 12.7. The molecule has 0 aromatic heterocycles. The quantitative estimate of drug-likeness (QED) is 0.835. The van der Waals surface area contributed by atoms with Crippen LogP contribution in [-0.4, -0.2) is 13.1 Å². The summed E-state index contributed by atoms with van der Waals surface area (Å²) in [6.07, 6.45) is 0. The van der Waals surface area contributed by atoms with Crippen molar-refractivity contribution in [1.82, 2.24) is 0 Å². The zero-order chi connectivity index (χ0) is 15.2. The second kappa shape index (κ2) is 6.93. The van der Waals surface area contributed by atoms with E-state index in [0.29, 0.717) is 18.0 Å². The van der Waals surface area contributed by atoms with Gasteiger partial charge in [0.2, 0.25) is 0 Å². The van der Waals surface area contributed by atoms with Crippen LogP contribution in [0, 0.1) is 0 Å². The highest BCUT2D eigenvalue weighted by atomic mass is 16.5. The maximum Gasteiger partial charge on any atom is 0.338 e. The number of nitrogens with one attached hydrogen (secondary N) is 1. The van der Waals surface area contributed by atoms with Gasteiger partial charge in [-0.2, -0.15) is 0 Å². The first-order valence-corrected chi connectivity index (χ1v) is 7.12. The lowest BCUT2D eigenvalue weighted by Crippen LogP contribution is -2.09.